The van der Waals surface area contributed by atoms with Gasteiger partial charge in [0.25, 0.3) is 5.69 Å². The average molecular weight is 301 g/mol. The normalized spacial score (nSPS) is 27.0. The zero-order valence-corrected chi connectivity index (χ0v) is 12.3. The van der Waals surface area contributed by atoms with E-state index in [2.05, 4.69) is 10.3 Å². The van der Waals surface area contributed by atoms with Crippen molar-refractivity contribution >= 4 is 28.3 Å². The summed E-state index contributed by atoms with van der Waals surface area (Å²) in [6.07, 6.45) is 4.90. The number of benzene rings is 1. The van der Waals surface area contributed by atoms with Crippen LogP contribution in [0.25, 0.3) is 5.70 Å². The van der Waals surface area contributed by atoms with Gasteiger partial charge in [0, 0.05) is 17.5 Å². The zero-order chi connectivity index (χ0) is 14.4. The summed E-state index contributed by atoms with van der Waals surface area (Å²) >= 11 is 1.67. The van der Waals surface area contributed by atoms with Crippen LogP contribution in [0, 0.1) is 10.1 Å². The lowest BCUT2D eigenvalue weighted by Crippen LogP contribution is -2.38. The molecule has 2 aliphatic heterocycles. The maximum atomic E-state index is 10.8. The first kappa shape index (κ1) is 12.9. The van der Waals surface area contributed by atoms with E-state index in [1.54, 1.807) is 23.9 Å². The molecule has 2 heterocycles. The van der Waals surface area contributed by atoms with Crippen LogP contribution in [0.3, 0.4) is 0 Å². The molecule has 1 aliphatic carbocycles. The molecule has 0 radical (unpaired) electrons. The number of nitro groups is 1. The van der Waals surface area contributed by atoms with E-state index in [0.717, 1.165) is 16.4 Å². The molecule has 0 unspecified atom stereocenters. The zero-order valence-electron chi connectivity index (χ0n) is 11.4. The first-order valence-electron chi connectivity index (χ1n) is 7.23. The van der Waals surface area contributed by atoms with Gasteiger partial charge in [0.2, 0.25) is 0 Å². The molecule has 6 heteroatoms. The van der Waals surface area contributed by atoms with Gasteiger partial charge in [-0.15, -0.1) is 0 Å². The molecule has 21 heavy (non-hydrogen) atoms. The number of thioether (sulfide) groups is 1. The number of amidine groups is 1. The van der Waals surface area contributed by atoms with Crippen LogP contribution in [0.5, 0.6) is 0 Å². The number of aliphatic imine (C=N–C) groups is 1. The van der Waals surface area contributed by atoms with Crippen LogP contribution in [0.1, 0.15) is 31.2 Å². The van der Waals surface area contributed by atoms with Gasteiger partial charge in [-0.2, -0.15) is 0 Å². The predicted octanol–water partition coefficient (Wildman–Crippen LogP) is 3.62. The van der Waals surface area contributed by atoms with Crippen LogP contribution >= 0.6 is 11.8 Å². The average Bonchev–Trinajstić information content (AvgIpc) is 3.06. The van der Waals surface area contributed by atoms with Crippen LogP contribution in [0.15, 0.2) is 34.7 Å². The first-order valence-corrected chi connectivity index (χ1v) is 8.11. The molecule has 5 nitrogen and oxygen atoms in total. The summed E-state index contributed by atoms with van der Waals surface area (Å²) < 4.78 is 0. The Morgan fingerprint density at radius 1 is 1.24 bits per heavy atom. The highest BCUT2D eigenvalue weighted by atomic mass is 32.2. The number of nitro benzene ring substituents is 1. The second-order valence-electron chi connectivity index (χ2n) is 5.63. The SMILES string of the molecule is O=[N+]([O-])c1ccc(C2=CSC3=N[C@@H]4CCCC[C@@H]4N23)cc1. The molecule has 3 aliphatic rings. The van der Waals surface area contributed by atoms with Gasteiger partial charge >= 0.3 is 0 Å². The van der Waals surface area contributed by atoms with E-state index in [9.17, 15) is 10.1 Å². The molecular weight excluding hydrogens is 286 g/mol. The molecule has 2 atom stereocenters. The summed E-state index contributed by atoms with van der Waals surface area (Å²) in [5, 5.41) is 14.0. The van der Waals surface area contributed by atoms with Crippen LogP contribution in [0.4, 0.5) is 5.69 Å². The molecular formula is C15H15N3O2S. The minimum Gasteiger partial charge on any atom is -0.315 e. The van der Waals surface area contributed by atoms with Crippen molar-refractivity contribution in [2.24, 2.45) is 4.99 Å². The Kier molecular flexibility index (Phi) is 2.99. The second-order valence-corrected chi connectivity index (χ2v) is 6.46. The molecule has 1 aromatic carbocycles. The van der Waals surface area contributed by atoms with Gasteiger partial charge in [-0.3, -0.25) is 15.1 Å². The monoisotopic (exact) mass is 301 g/mol. The maximum Gasteiger partial charge on any atom is 0.269 e. The third kappa shape index (κ3) is 2.05. The van der Waals surface area contributed by atoms with E-state index in [0.29, 0.717) is 12.1 Å². The highest BCUT2D eigenvalue weighted by Gasteiger charge is 2.42. The molecule has 1 aromatic rings. The van der Waals surface area contributed by atoms with E-state index < -0.39 is 0 Å². The van der Waals surface area contributed by atoms with E-state index in [1.807, 2.05) is 12.1 Å². The quantitative estimate of drug-likeness (QED) is 0.618. The van der Waals surface area contributed by atoms with E-state index in [-0.39, 0.29) is 10.6 Å². The molecule has 1 saturated carbocycles. The largest absolute Gasteiger partial charge is 0.315 e. The number of nitrogens with zero attached hydrogens (tertiary/aromatic N) is 3. The maximum absolute atomic E-state index is 10.8. The van der Waals surface area contributed by atoms with Crippen LogP contribution < -0.4 is 0 Å². The fourth-order valence-corrected chi connectivity index (χ4v) is 4.39. The summed E-state index contributed by atoms with van der Waals surface area (Å²) in [6.45, 7) is 0. The Hall–Kier alpha value is -1.82. The van der Waals surface area contributed by atoms with E-state index >= 15 is 0 Å². The Morgan fingerprint density at radius 2 is 2.00 bits per heavy atom. The predicted molar refractivity (Wildman–Crippen MR) is 84.0 cm³/mol. The topological polar surface area (TPSA) is 58.7 Å². The van der Waals surface area contributed by atoms with Gasteiger partial charge in [-0.1, -0.05) is 24.6 Å². The van der Waals surface area contributed by atoms with Gasteiger partial charge in [0.15, 0.2) is 5.17 Å². The Labute approximate surface area is 126 Å². The van der Waals surface area contributed by atoms with Gasteiger partial charge in [0.1, 0.15) is 0 Å². The number of rotatable bonds is 2. The van der Waals surface area contributed by atoms with Crippen molar-refractivity contribution in [3.8, 4) is 0 Å². The molecule has 1 fully saturated rings. The number of hydrogen-bond acceptors (Lipinski definition) is 5. The molecule has 0 spiro atoms. The van der Waals surface area contributed by atoms with Crippen molar-refractivity contribution in [3.63, 3.8) is 0 Å². The van der Waals surface area contributed by atoms with Crippen LogP contribution in [0.2, 0.25) is 0 Å². The first-order chi connectivity index (χ1) is 10.2. The van der Waals surface area contributed by atoms with E-state index in [1.165, 1.54) is 25.7 Å². The molecule has 0 N–H and O–H groups in total. The standard InChI is InChI=1S/C15H15N3O2S/c19-18(20)11-7-5-10(6-8-11)14-9-21-15-16-12-3-1-2-4-13(12)17(14)15/h5-9,12-13H,1-4H2/t12-,13+/m1/s1. The van der Waals surface area contributed by atoms with Crippen LogP contribution in [-0.2, 0) is 0 Å². The second kappa shape index (κ2) is 4.87. The number of fused-ring (bicyclic) bond motifs is 3. The third-order valence-corrected chi connectivity index (χ3v) is 5.27. The summed E-state index contributed by atoms with van der Waals surface area (Å²) in [5.74, 6) is 0. The Balaban J connectivity index is 1.64. The van der Waals surface area contributed by atoms with Crippen molar-refractivity contribution in [1.29, 1.82) is 0 Å². The Bertz CT molecular complexity index is 653. The van der Waals surface area contributed by atoms with Crippen molar-refractivity contribution in [1.82, 2.24) is 4.90 Å². The molecule has 108 valence electrons. The molecule has 0 bridgehead atoms. The lowest BCUT2D eigenvalue weighted by molar-refractivity contribution is -0.384. The minimum atomic E-state index is -0.360. The molecule has 4 rings (SSSR count). The number of hydrogen-bond donors (Lipinski definition) is 0. The highest BCUT2D eigenvalue weighted by molar-refractivity contribution is 8.16. The minimum absolute atomic E-state index is 0.135. The summed E-state index contributed by atoms with van der Waals surface area (Å²) in [6, 6.07) is 7.73. The van der Waals surface area contributed by atoms with Crippen molar-refractivity contribution in [3.05, 3.63) is 45.4 Å². The lowest BCUT2D eigenvalue weighted by Gasteiger charge is -2.32. The van der Waals surface area contributed by atoms with Gasteiger partial charge in [-0.25, -0.2) is 0 Å². The number of non-ortho nitro benzene ring substituents is 1. The van der Waals surface area contributed by atoms with Crippen LogP contribution in [-0.4, -0.2) is 27.1 Å². The summed E-state index contributed by atoms with van der Waals surface area (Å²) in [7, 11) is 0. The summed E-state index contributed by atoms with van der Waals surface area (Å²) in [4.78, 5) is 17.6. The molecule has 0 aromatic heterocycles. The third-order valence-electron chi connectivity index (χ3n) is 4.42. The van der Waals surface area contributed by atoms with Gasteiger partial charge in [0.05, 0.1) is 22.7 Å². The fourth-order valence-electron chi connectivity index (χ4n) is 3.38. The van der Waals surface area contributed by atoms with Crippen molar-refractivity contribution in [2.75, 3.05) is 0 Å². The van der Waals surface area contributed by atoms with Crippen molar-refractivity contribution in [2.45, 2.75) is 37.8 Å². The highest BCUT2D eigenvalue weighted by Crippen LogP contribution is 2.44. The smallest absolute Gasteiger partial charge is 0.269 e. The van der Waals surface area contributed by atoms with E-state index in [4.69, 9.17) is 4.99 Å². The molecule has 0 amide bonds. The molecule has 0 saturated heterocycles. The van der Waals surface area contributed by atoms with Gasteiger partial charge < -0.3 is 4.90 Å². The Morgan fingerprint density at radius 3 is 2.76 bits per heavy atom. The lowest BCUT2D eigenvalue weighted by atomic mass is 9.90. The fraction of sp³-hybridized carbons (Fsp3) is 0.400. The van der Waals surface area contributed by atoms with Crippen molar-refractivity contribution < 1.29 is 4.92 Å². The summed E-state index contributed by atoms with van der Waals surface area (Å²) in [5.41, 5.74) is 2.31. The van der Waals surface area contributed by atoms with Gasteiger partial charge in [-0.05, 0) is 30.5 Å².